The van der Waals surface area contributed by atoms with Crippen molar-refractivity contribution in [1.82, 2.24) is 14.7 Å². The second-order valence-corrected chi connectivity index (χ2v) is 12.1. The van der Waals surface area contributed by atoms with Gasteiger partial charge in [0.25, 0.3) is 16.4 Å². The molecule has 1 aliphatic heterocycles. The number of likely N-dealkylation sites (tertiary alicyclic amines) is 1. The molecule has 2 aromatic rings. The van der Waals surface area contributed by atoms with Crippen LogP contribution in [0.5, 0.6) is 0 Å². The number of aromatic nitrogens is 2. The molecule has 0 unspecified atom stereocenters. The second-order valence-electron chi connectivity index (χ2n) is 9.45. The second kappa shape index (κ2) is 11.8. The van der Waals surface area contributed by atoms with Gasteiger partial charge in [0.1, 0.15) is 4.90 Å². The maximum atomic E-state index is 13.6. The summed E-state index contributed by atoms with van der Waals surface area (Å²) in [6.45, 7) is 4.47. The van der Waals surface area contributed by atoms with Crippen molar-refractivity contribution in [2.24, 2.45) is 13.0 Å². The van der Waals surface area contributed by atoms with E-state index in [2.05, 4.69) is 17.0 Å². The molecule has 0 aliphatic carbocycles. The topological polar surface area (TPSA) is 58.4 Å². The molecule has 35 heavy (non-hydrogen) atoms. The first-order valence-corrected chi connectivity index (χ1v) is 14.1. The summed E-state index contributed by atoms with van der Waals surface area (Å²) in [6.07, 6.45) is 3.46. The highest BCUT2D eigenvalue weighted by atomic mass is 35.5. The van der Waals surface area contributed by atoms with Crippen molar-refractivity contribution < 1.29 is 17.2 Å². The maximum Gasteiger partial charge on any atom is 0.267 e. The molecule has 0 spiro atoms. The summed E-state index contributed by atoms with van der Waals surface area (Å²) in [7, 11) is -0.693. The zero-order valence-corrected chi connectivity index (χ0v) is 23.0. The molecular formula is C24H34Cl2F2N4O2S. The fourth-order valence-corrected chi connectivity index (χ4v) is 7.55. The van der Waals surface area contributed by atoms with Gasteiger partial charge in [0, 0.05) is 7.05 Å². The summed E-state index contributed by atoms with van der Waals surface area (Å²) in [5.41, 5.74) is 1.71. The van der Waals surface area contributed by atoms with E-state index in [-0.39, 0.29) is 20.6 Å². The smallest absolute Gasteiger partial charge is 0.267 e. The molecule has 1 fully saturated rings. The standard InChI is InChI=1S/C24H34Cl2F2N4O2S/c1-16-23(17(2)31(4)29-16)32(15-22(27)28)35(33,34)24-20(25)13-19(14-21(24)26)8-6-5-7-18-9-11-30(3)12-10-18/h13-14,18,22H,5-12,15H2,1-4H3. The summed E-state index contributed by atoms with van der Waals surface area (Å²) in [5, 5.41) is 4.04. The van der Waals surface area contributed by atoms with Crippen molar-refractivity contribution in [3.8, 4) is 0 Å². The maximum absolute atomic E-state index is 13.6. The summed E-state index contributed by atoms with van der Waals surface area (Å²) in [5.74, 6) is 0.756. The van der Waals surface area contributed by atoms with Crippen LogP contribution in [0.2, 0.25) is 10.0 Å². The van der Waals surface area contributed by atoms with Crippen molar-refractivity contribution in [3.63, 3.8) is 0 Å². The monoisotopic (exact) mass is 550 g/mol. The van der Waals surface area contributed by atoms with Crippen molar-refractivity contribution in [2.75, 3.05) is 31.0 Å². The van der Waals surface area contributed by atoms with Gasteiger partial charge in [-0.2, -0.15) is 5.10 Å². The van der Waals surface area contributed by atoms with E-state index < -0.39 is 23.0 Å². The SMILES string of the molecule is Cc1nn(C)c(C)c1N(CC(F)F)S(=O)(=O)c1c(Cl)cc(CCCCC2CCN(C)CC2)cc1Cl. The van der Waals surface area contributed by atoms with E-state index in [0.29, 0.717) is 22.1 Å². The van der Waals surface area contributed by atoms with Crippen molar-refractivity contribution in [1.29, 1.82) is 0 Å². The predicted molar refractivity (Wildman–Crippen MR) is 137 cm³/mol. The Balaban J connectivity index is 1.78. The Morgan fingerprint density at radius 3 is 2.23 bits per heavy atom. The number of nitrogens with zero attached hydrogens (tertiary/aromatic N) is 4. The zero-order valence-electron chi connectivity index (χ0n) is 20.7. The molecule has 0 bridgehead atoms. The highest BCUT2D eigenvalue weighted by Crippen LogP contribution is 2.37. The van der Waals surface area contributed by atoms with Crippen molar-refractivity contribution in [2.45, 2.75) is 63.7 Å². The van der Waals surface area contributed by atoms with Crippen LogP contribution in [-0.4, -0.2) is 56.2 Å². The van der Waals surface area contributed by atoms with E-state index in [1.165, 1.54) is 23.9 Å². The van der Waals surface area contributed by atoms with Gasteiger partial charge in [-0.3, -0.25) is 8.99 Å². The van der Waals surface area contributed by atoms with Crippen LogP contribution in [0.25, 0.3) is 0 Å². The minimum Gasteiger partial charge on any atom is -0.306 e. The van der Waals surface area contributed by atoms with Gasteiger partial charge in [0.05, 0.1) is 33.7 Å². The van der Waals surface area contributed by atoms with E-state index in [0.717, 1.165) is 37.4 Å². The summed E-state index contributed by atoms with van der Waals surface area (Å²) in [4.78, 5) is 1.99. The lowest BCUT2D eigenvalue weighted by atomic mass is 9.91. The van der Waals surface area contributed by atoms with Gasteiger partial charge in [-0.15, -0.1) is 0 Å². The Morgan fingerprint density at radius 1 is 1.11 bits per heavy atom. The lowest BCUT2D eigenvalue weighted by Gasteiger charge is -2.28. The number of halogens is 4. The van der Waals surface area contributed by atoms with Crippen LogP contribution in [0.3, 0.4) is 0 Å². The van der Waals surface area contributed by atoms with Gasteiger partial charge in [-0.05, 0) is 83.3 Å². The molecule has 0 saturated carbocycles. The Labute approximate surface area is 217 Å². The normalized spacial score (nSPS) is 15.8. The molecule has 196 valence electrons. The lowest BCUT2D eigenvalue weighted by molar-refractivity contribution is 0.159. The molecule has 0 amide bonds. The average Bonchev–Trinajstić information content (AvgIpc) is 3.01. The summed E-state index contributed by atoms with van der Waals surface area (Å²) < 4.78 is 56.2. The van der Waals surface area contributed by atoms with Crippen molar-refractivity contribution >= 4 is 38.9 Å². The number of benzene rings is 1. The molecular weight excluding hydrogens is 517 g/mol. The molecule has 1 aliphatic rings. The van der Waals surface area contributed by atoms with Gasteiger partial charge in [-0.1, -0.05) is 36.0 Å². The minimum absolute atomic E-state index is 0.0683. The molecule has 2 heterocycles. The number of hydrogen-bond acceptors (Lipinski definition) is 4. The van der Waals surface area contributed by atoms with E-state index in [4.69, 9.17) is 23.2 Å². The van der Waals surface area contributed by atoms with Crippen LogP contribution >= 0.6 is 23.2 Å². The highest BCUT2D eigenvalue weighted by Gasteiger charge is 2.35. The van der Waals surface area contributed by atoms with Crippen LogP contribution in [0.15, 0.2) is 17.0 Å². The molecule has 3 rings (SSSR count). The Bertz CT molecular complexity index is 1110. The Morgan fingerprint density at radius 2 is 1.71 bits per heavy atom. The molecule has 1 saturated heterocycles. The number of piperidine rings is 1. The van der Waals surface area contributed by atoms with Gasteiger partial charge in [0.15, 0.2) is 0 Å². The summed E-state index contributed by atoms with van der Waals surface area (Å²) >= 11 is 12.8. The molecule has 0 radical (unpaired) electrons. The average molecular weight is 552 g/mol. The van der Waals surface area contributed by atoms with E-state index in [1.807, 2.05) is 0 Å². The van der Waals surface area contributed by atoms with Crippen molar-refractivity contribution in [3.05, 3.63) is 39.1 Å². The quantitative estimate of drug-likeness (QED) is 0.347. The fourth-order valence-electron chi connectivity index (χ4n) is 4.78. The molecule has 6 nitrogen and oxygen atoms in total. The van der Waals surface area contributed by atoms with Gasteiger partial charge < -0.3 is 4.90 Å². The van der Waals surface area contributed by atoms with Gasteiger partial charge in [-0.25, -0.2) is 17.2 Å². The van der Waals surface area contributed by atoms with E-state index >= 15 is 0 Å². The zero-order chi connectivity index (χ0) is 25.9. The fraction of sp³-hybridized carbons (Fsp3) is 0.625. The van der Waals surface area contributed by atoms with Crippen LogP contribution in [0.1, 0.15) is 49.1 Å². The number of alkyl halides is 2. The largest absolute Gasteiger partial charge is 0.306 e. The molecule has 1 aromatic carbocycles. The third kappa shape index (κ3) is 6.67. The number of rotatable bonds is 10. The summed E-state index contributed by atoms with van der Waals surface area (Å²) in [6, 6.07) is 3.17. The van der Waals surface area contributed by atoms with Gasteiger partial charge in [0.2, 0.25) is 0 Å². The molecule has 0 N–H and O–H groups in total. The third-order valence-corrected chi connectivity index (χ3v) is 9.48. The Hall–Kier alpha value is -1.42. The number of unbranched alkanes of at least 4 members (excludes halogenated alkanes) is 1. The van der Waals surface area contributed by atoms with Crippen LogP contribution in [0, 0.1) is 19.8 Å². The van der Waals surface area contributed by atoms with Crippen LogP contribution < -0.4 is 4.31 Å². The molecule has 0 atom stereocenters. The minimum atomic E-state index is -4.47. The first kappa shape index (κ1) is 28.2. The number of anilines is 1. The Kier molecular flexibility index (Phi) is 9.45. The molecule has 11 heteroatoms. The molecule has 1 aromatic heterocycles. The van der Waals surface area contributed by atoms with E-state index in [9.17, 15) is 17.2 Å². The first-order valence-electron chi connectivity index (χ1n) is 11.9. The number of aryl methyl sites for hydroxylation is 3. The van der Waals surface area contributed by atoms with Crippen LogP contribution in [-0.2, 0) is 23.5 Å². The highest BCUT2D eigenvalue weighted by molar-refractivity contribution is 7.93. The number of sulfonamides is 1. The number of hydrogen-bond donors (Lipinski definition) is 0. The van der Waals surface area contributed by atoms with Crippen LogP contribution in [0.4, 0.5) is 14.5 Å². The predicted octanol–water partition coefficient (Wildman–Crippen LogP) is 5.86. The van der Waals surface area contributed by atoms with E-state index in [1.54, 1.807) is 33.0 Å². The van der Waals surface area contributed by atoms with Gasteiger partial charge >= 0.3 is 0 Å². The third-order valence-electron chi connectivity index (χ3n) is 6.80. The lowest BCUT2D eigenvalue weighted by Crippen LogP contribution is -2.36. The first-order chi connectivity index (χ1) is 16.4.